The van der Waals surface area contributed by atoms with Gasteiger partial charge in [-0.25, -0.2) is 0 Å². The Morgan fingerprint density at radius 2 is 1.62 bits per heavy atom. The summed E-state index contributed by atoms with van der Waals surface area (Å²) in [5, 5.41) is 8.23. The minimum Gasteiger partial charge on any atom is -0.350 e. The summed E-state index contributed by atoms with van der Waals surface area (Å²) in [6.07, 6.45) is 0. The Kier molecular flexibility index (Phi) is 6.37. The zero-order valence-corrected chi connectivity index (χ0v) is 16.3. The van der Waals surface area contributed by atoms with Crippen LogP contribution in [0.1, 0.15) is 39.3 Å². The van der Waals surface area contributed by atoms with Gasteiger partial charge in [0.05, 0.1) is 19.1 Å². The fourth-order valence-electron chi connectivity index (χ4n) is 2.85. The average Bonchev–Trinajstić information content (AvgIpc) is 2.51. The van der Waals surface area contributed by atoms with E-state index in [-0.39, 0.29) is 36.5 Å². The van der Waals surface area contributed by atoms with E-state index in [1.165, 1.54) is 5.39 Å². The number of hydrogen-bond donors (Lipinski definition) is 2. The lowest BCUT2D eigenvalue weighted by atomic mass is 10.0. The van der Waals surface area contributed by atoms with Gasteiger partial charge < -0.3 is 10.6 Å². The number of amides is 2. The standard InChI is InChI=1S/C21H29N3O2/c1-15(17-11-10-16-8-6-7-9-18(16)12-17)22-19(25)13-24(5)14-20(26)23-21(2,3)4/h6-12,15H,13-14H2,1-5H3,(H,22,25)(H,23,26)/t15-/m1/s1. The number of fused-ring (bicyclic) bond motifs is 1. The Morgan fingerprint density at radius 1 is 1.00 bits per heavy atom. The second-order valence-electron chi connectivity index (χ2n) is 7.87. The van der Waals surface area contributed by atoms with E-state index in [1.807, 2.05) is 45.9 Å². The molecule has 0 unspecified atom stereocenters. The highest BCUT2D eigenvalue weighted by Gasteiger charge is 2.17. The van der Waals surface area contributed by atoms with Gasteiger partial charge in [-0.2, -0.15) is 0 Å². The molecule has 2 aromatic rings. The third-order valence-electron chi connectivity index (χ3n) is 3.99. The summed E-state index contributed by atoms with van der Waals surface area (Å²) in [6.45, 7) is 8.13. The Labute approximate surface area is 155 Å². The van der Waals surface area contributed by atoms with Crippen LogP contribution in [0, 0.1) is 0 Å². The topological polar surface area (TPSA) is 61.4 Å². The molecule has 2 amide bonds. The second-order valence-corrected chi connectivity index (χ2v) is 7.87. The van der Waals surface area contributed by atoms with Gasteiger partial charge >= 0.3 is 0 Å². The number of rotatable bonds is 6. The van der Waals surface area contributed by atoms with E-state index in [2.05, 4.69) is 34.9 Å². The third-order valence-corrected chi connectivity index (χ3v) is 3.99. The smallest absolute Gasteiger partial charge is 0.234 e. The highest BCUT2D eigenvalue weighted by Crippen LogP contribution is 2.20. The maximum atomic E-state index is 12.3. The van der Waals surface area contributed by atoms with Gasteiger partial charge in [-0.1, -0.05) is 36.4 Å². The molecular formula is C21H29N3O2. The molecule has 0 aliphatic rings. The summed E-state index contributed by atoms with van der Waals surface area (Å²) >= 11 is 0. The fourth-order valence-corrected chi connectivity index (χ4v) is 2.85. The van der Waals surface area contributed by atoms with Crippen molar-refractivity contribution < 1.29 is 9.59 Å². The molecule has 0 radical (unpaired) electrons. The van der Waals surface area contributed by atoms with Crippen LogP contribution in [-0.4, -0.2) is 42.4 Å². The van der Waals surface area contributed by atoms with Crippen LogP contribution >= 0.6 is 0 Å². The van der Waals surface area contributed by atoms with Crippen LogP contribution < -0.4 is 10.6 Å². The van der Waals surface area contributed by atoms with Crippen molar-refractivity contribution in [1.29, 1.82) is 0 Å². The van der Waals surface area contributed by atoms with Crippen molar-refractivity contribution in [3.63, 3.8) is 0 Å². The van der Waals surface area contributed by atoms with Gasteiger partial charge in [-0.05, 0) is 57.1 Å². The first-order valence-electron chi connectivity index (χ1n) is 8.92. The fraction of sp³-hybridized carbons (Fsp3) is 0.429. The largest absolute Gasteiger partial charge is 0.350 e. The Bertz CT molecular complexity index is 780. The SMILES string of the molecule is C[C@@H](NC(=O)CN(C)CC(=O)NC(C)(C)C)c1ccc2ccccc2c1. The van der Waals surface area contributed by atoms with Gasteiger partial charge in [0.1, 0.15) is 0 Å². The Hall–Kier alpha value is -2.40. The molecule has 1 atom stereocenters. The molecule has 0 saturated carbocycles. The first kappa shape index (κ1) is 19.9. The van der Waals surface area contributed by atoms with Crippen molar-refractivity contribution in [2.45, 2.75) is 39.3 Å². The van der Waals surface area contributed by atoms with Crippen molar-refractivity contribution in [1.82, 2.24) is 15.5 Å². The van der Waals surface area contributed by atoms with Crippen molar-refractivity contribution in [2.75, 3.05) is 20.1 Å². The first-order chi connectivity index (χ1) is 12.1. The van der Waals surface area contributed by atoms with E-state index < -0.39 is 0 Å². The molecule has 0 spiro atoms. The molecule has 2 N–H and O–H groups in total. The quantitative estimate of drug-likeness (QED) is 0.838. The van der Waals surface area contributed by atoms with Crippen LogP contribution in [-0.2, 0) is 9.59 Å². The van der Waals surface area contributed by atoms with Crippen molar-refractivity contribution >= 4 is 22.6 Å². The molecular weight excluding hydrogens is 326 g/mol. The maximum absolute atomic E-state index is 12.3. The first-order valence-corrected chi connectivity index (χ1v) is 8.92. The van der Waals surface area contributed by atoms with E-state index in [1.54, 1.807) is 11.9 Å². The predicted octanol–water partition coefficient (Wildman–Crippen LogP) is 2.86. The molecule has 0 aliphatic heterocycles. The van der Waals surface area contributed by atoms with Crippen molar-refractivity contribution in [2.24, 2.45) is 0 Å². The molecule has 2 rings (SSSR count). The molecule has 2 aromatic carbocycles. The van der Waals surface area contributed by atoms with Gasteiger partial charge in [0.2, 0.25) is 11.8 Å². The number of likely N-dealkylation sites (N-methyl/N-ethyl adjacent to an activating group) is 1. The lowest BCUT2D eigenvalue weighted by Crippen LogP contribution is -2.47. The number of carbonyl (C=O) groups excluding carboxylic acids is 2. The maximum Gasteiger partial charge on any atom is 0.234 e. The third kappa shape index (κ3) is 6.15. The molecule has 0 aromatic heterocycles. The lowest BCUT2D eigenvalue weighted by molar-refractivity contribution is -0.125. The van der Waals surface area contributed by atoms with Crippen LogP contribution in [0.4, 0.5) is 0 Å². The molecule has 140 valence electrons. The highest BCUT2D eigenvalue weighted by molar-refractivity contribution is 5.84. The van der Waals surface area contributed by atoms with Gasteiger partial charge in [0.25, 0.3) is 0 Å². The van der Waals surface area contributed by atoms with Crippen LogP contribution in [0.5, 0.6) is 0 Å². The number of hydrogen-bond acceptors (Lipinski definition) is 3. The minimum absolute atomic E-state index is 0.0876. The molecule has 26 heavy (non-hydrogen) atoms. The molecule has 5 heteroatoms. The van der Waals surface area contributed by atoms with E-state index in [4.69, 9.17) is 0 Å². The van der Waals surface area contributed by atoms with E-state index in [0.29, 0.717) is 0 Å². The van der Waals surface area contributed by atoms with Gasteiger partial charge in [-0.3, -0.25) is 14.5 Å². The minimum atomic E-state index is -0.273. The summed E-state index contributed by atoms with van der Waals surface area (Å²) in [5.41, 5.74) is 0.787. The van der Waals surface area contributed by atoms with Crippen LogP contribution in [0.3, 0.4) is 0 Å². The van der Waals surface area contributed by atoms with Gasteiger partial charge in [-0.15, -0.1) is 0 Å². The molecule has 0 aliphatic carbocycles. The van der Waals surface area contributed by atoms with Crippen molar-refractivity contribution in [3.05, 3.63) is 48.0 Å². The summed E-state index contributed by atoms with van der Waals surface area (Å²) in [5.74, 6) is -0.188. The van der Waals surface area contributed by atoms with Crippen LogP contribution in [0.15, 0.2) is 42.5 Å². The van der Waals surface area contributed by atoms with Crippen molar-refractivity contribution in [3.8, 4) is 0 Å². The van der Waals surface area contributed by atoms with Crippen LogP contribution in [0.2, 0.25) is 0 Å². The Balaban J connectivity index is 1.88. The zero-order valence-electron chi connectivity index (χ0n) is 16.3. The summed E-state index contributed by atoms with van der Waals surface area (Å²) in [6, 6.07) is 14.3. The summed E-state index contributed by atoms with van der Waals surface area (Å²) in [4.78, 5) is 25.9. The zero-order chi connectivity index (χ0) is 19.3. The number of nitrogens with zero attached hydrogens (tertiary/aromatic N) is 1. The molecule has 0 heterocycles. The van der Waals surface area contributed by atoms with Crippen LogP contribution in [0.25, 0.3) is 10.8 Å². The van der Waals surface area contributed by atoms with Gasteiger partial charge in [0.15, 0.2) is 0 Å². The van der Waals surface area contributed by atoms with E-state index in [0.717, 1.165) is 10.9 Å². The number of carbonyl (C=O) groups is 2. The number of benzene rings is 2. The molecule has 0 fully saturated rings. The normalized spacial score (nSPS) is 12.8. The monoisotopic (exact) mass is 355 g/mol. The second kappa shape index (κ2) is 8.32. The van der Waals surface area contributed by atoms with E-state index in [9.17, 15) is 9.59 Å². The predicted molar refractivity (Wildman–Crippen MR) is 106 cm³/mol. The Morgan fingerprint density at radius 3 is 2.27 bits per heavy atom. The summed E-state index contributed by atoms with van der Waals surface area (Å²) < 4.78 is 0. The average molecular weight is 355 g/mol. The number of nitrogens with one attached hydrogen (secondary N) is 2. The van der Waals surface area contributed by atoms with E-state index >= 15 is 0 Å². The van der Waals surface area contributed by atoms with Gasteiger partial charge in [0, 0.05) is 5.54 Å². The molecule has 5 nitrogen and oxygen atoms in total. The molecule has 0 bridgehead atoms. The highest BCUT2D eigenvalue weighted by atomic mass is 16.2. The summed E-state index contributed by atoms with van der Waals surface area (Å²) in [7, 11) is 1.77. The lowest BCUT2D eigenvalue weighted by Gasteiger charge is -2.23. The molecule has 0 saturated heterocycles.